The molecule has 5 nitrogen and oxygen atoms in total. The standard InChI is InChI=1S/C29H35F3N2O3/c1-3-4-5-6-7-8-10-22(17-18-33-35)24-11-9-12-26(19-24)36-20-27-21(2)37-28(34-27)23-13-15-25(16-14-23)29(30,31)32/h9,11-17,19,33,35H,3-8,10,18,20H2,1-2H3/b22-17+. The highest BCUT2D eigenvalue weighted by Crippen LogP contribution is 2.31. The van der Waals surface area contributed by atoms with Crippen molar-refractivity contribution in [2.24, 2.45) is 0 Å². The SMILES string of the molecule is CCCCCCCC/C(=C\CNO)c1cccc(OCc2nc(-c3ccc(C(F)(F)F)cc3)oc2C)c1. The molecule has 0 aliphatic rings. The molecule has 0 aliphatic carbocycles. The first-order valence-electron chi connectivity index (χ1n) is 12.7. The number of halogens is 3. The highest BCUT2D eigenvalue weighted by Gasteiger charge is 2.30. The van der Waals surface area contributed by atoms with Crippen molar-refractivity contribution in [1.29, 1.82) is 0 Å². The molecule has 3 rings (SSSR count). The topological polar surface area (TPSA) is 67.5 Å². The van der Waals surface area contributed by atoms with E-state index in [1.54, 1.807) is 6.92 Å². The van der Waals surface area contributed by atoms with E-state index in [9.17, 15) is 13.2 Å². The first-order chi connectivity index (χ1) is 17.8. The molecule has 0 bridgehead atoms. The fourth-order valence-corrected chi connectivity index (χ4v) is 4.05. The monoisotopic (exact) mass is 516 g/mol. The molecule has 0 atom stereocenters. The third-order valence-electron chi connectivity index (χ3n) is 6.17. The molecule has 0 radical (unpaired) electrons. The quantitative estimate of drug-likeness (QED) is 0.166. The van der Waals surface area contributed by atoms with Crippen LogP contribution in [0.1, 0.15) is 74.5 Å². The van der Waals surface area contributed by atoms with Crippen LogP contribution in [-0.4, -0.2) is 16.7 Å². The smallest absolute Gasteiger partial charge is 0.416 e. The van der Waals surface area contributed by atoms with Crippen LogP contribution in [0.4, 0.5) is 13.2 Å². The minimum atomic E-state index is -4.39. The number of aryl methyl sites for hydroxylation is 1. The lowest BCUT2D eigenvalue weighted by molar-refractivity contribution is -0.137. The summed E-state index contributed by atoms with van der Waals surface area (Å²) in [6, 6.07) is 12.5. The minimum Gasteiger partial charge on any atom is -0.487 e. The third-order valence-corrected chi connectivity index (χ3v) is 6.17. The number of hydrogen-bond donors (Lipinski definition) is 2. The van der Waals surface area contributed by atoms with E-state index in [0.29, 0.717) is 29.3 Å². The number of alkyl halides is 3. The summed E-state index contributed by atoms with van der Waals surface area (Å²) in [6.45, 7) is 4.48. The van der Waals surface area contributed by atoms with Crippen LogP contribution in [0, 0.1) is 6.92 Å². The Hall–Kier alpha value is -3.10. The normalized spacial score (nSPS) is 12.2. The van der Waals surface area contributed by atoms with Crippen LogP contribution in [0.5, 0.6) is 5.75 Å². The van der Waals surface area contributed by atoms with Crippen LogP contribution in [-0.2, 0) is 12.8 Å². The van der Waals surface area contributed by atoms with Gasteiger partial charge in [-0.2, -0.15) is 13.2 Å². The van der Waals surface area contributed by atoms with Crippen molar-refractivity contribution in [1.82, 2.24) is 10.5 Å². The van der Waals surface area contributed by atoms with Crippen molar-refractivity contribution in [2.45, 2.75) is 71.6 Å². The van der Waals surface area contributed by atoms with Crippen molar-refractivity contribution in [3.63, 3.8) is 0 Å². The Morgan fingerprint density at radius 2 is 1.78 bits per heavy atom. The van der Waals surface area contributed by atoms with Gasteiger partial charge in [0.2, 0.25) is 5.89 Å². The molecule has 0 unspecified atom stereocenters. The second-order valence-corrected chi connectivity index (χ2v) is 9.02. The largest absolute Gasteiger partial charge is 0.487 e. The first-order valence-corrected chi connectivity index (χ1v) is 12.7. The van der Waals surface area contributed by atoms with E-state index >= 15 is 0 Å². The highest BCUT2D eigenvalue weighted by atomic mass is 19.4. The molecular formula is C29H35F3N2O3. The van der Waals surface area contributed by atoms with E-state index in [4.69, 9.17) is 14.4 Å². The average Bonchev–Trinajstić information content (AvgIpc) is 3.26. The molecule has 0 saturated carbocycles. The Bertz CT molecular complexity index is 1140. The maximum atomic E-state index is 12.8. The molecule has 2 N–H and O–H groups in total. The van der Waals surface area contributed by atoms with Gasteiger partial charge >= 0.3 is 6.18 Å². The van der Waals surface area contributed by atoms with Gasteiger partial charge in [-0.05, 0) is 67.3 Å². The fourth-order valence-electron chi connectivity index (χ4n) is 4.05. The predicted molar refractivity (Wildman–Crippen MR) is 138 cm³/mol. The number of ether oxygens (including phenoxy) is 1. The Morgan fingerprint density at radius 3 is 2.49 bits per heavy atom. The summed E-state index contributed by atoms with van der Waals surface area (Å²) in [7, 11) is 0. The van der Waals surface area contributed by atoms with E-state index < -0.39 is 11.7 Å². The zero-order valence-corrected chi connectivity index (χ0v) is 21.4. The van der Waals surface area contributed by atoms with Crippen molar-refractivity contribution < 1.29 is 27.5 Å². The number of benzene rings is 2. The number of hydroxylamine groups is 1. The fraction of sp³-hybridized carbons (Fsp3) is 0.414. The molecule has 1 aromatic heterocycles. The van der Waals surface area contributed by atoms with Gasteiger partial charge in [0.25, 0.3) is 0 Å². The lowest BCUT2D eigenvalue weighted by Crippen LogP contribution is -2.06. The maximum absolute atomic E-state index is 12.8. The van der Waals surface area contributed by atoms with Crippen LogP contribution in [0.3, 0.4) is 0 Å². The lowest BCUT2D eigenvalue weighted by atomic mass is 9.98. The van der Waals surface area contributed by atoms with E-state index in [2.05, 4.69) is 17.4 Å². The molecule has 37 heavy (non-hydrogen) atoms. The number of allylic oxidation sites excluding steroid dienone is 1. The number of aromatic nitrogens is 1. The van der Waals surface area contributed by atoms with Gasteiger partial charge in [-0.1, -0.05) is 57.2 Å². The van der Waals surface area contributed by atoms with Gasteiger partial charge in [0.05, 0.1) is 5.56 Å². The Kier molecular flexibility index (Phi) is 10.8. The molecule has 0 saturated heterocycles. The summed E-state index contributed by atoms with van der Waals surface area (Å²) in [5.41, 5.74) is 4.69. The molecule has 0 spiro atoms. The van der Waals surface area contributed by atoms with E-state index in [1.807, 2.05) is 30.3 Å². The Labute approximate surface area is 216 Å². The average molecular weight is 517 g/mol. The Morgan fingerprint density at radius 1 is 1.05 bits per heavy atom. The van der Waals surface area contributed by atoms with Crippen LogP contribution in [0.15, 0.2) is 59.0 Å². The Balaban J connectivity index is 1.64. The summed E-state index contributed by atoms with van der Waals surface area (Å²) in [4.78, 5) is 4.44. The molecule has 0 aliphatic heterocycles. The zero-order valence-electron chi connectivity index (χ0n) is 21.4. The van der Waals surface area contributed by atoms with E-state index in [1.165, 1.54) is 44.2 Å². The number of rotatable bonds is 14. The number of unbranched alkanes of at least 4 members (excludes halogenated alkanes) is 5. The summed E-state index contributed by atoms with van der Waals surface area (Å²) in [5, 5.41) is 9.07. The summed E-state index contributed by atoms with van der Waals surface area (Å²) in [5.74, 6) is 1.46. The molecule has 8 heteroatoms. The zero-order chi connectivity index (χ0) is 26.7. The lowest BCUT2D eigenvalue weighted by Gasteiger charge is -2.11. The second-order valence-electron chi connectivity index (χ2n) is 9.02. The summed E-state index contributed by atoms with van der Waals surface area (Å²) >= 11 is 0. The number of oxazole rings is 1. The molecule has 1 heterocycles. The second kappa shape index (κ2) is 14.0. The molecule has 2 aromatic carbocycles. The van der Waals surface area contributed by atoms with Gasteiger partial charge < -0.3 is 14.4 Å². The predicted octanol–water partition coefficient (Wildman–Crippen LogP) is 8.36. The van der Waals surface area contributed by atoms with E-state index in [0.717, 1.165) is 36.1 Å². The highest BCUT2D eigenvalue weighted by molar-refractivity contribution is 5.67. The molecule has 200 valence electrons. The number of nitrogens with one attached hydrogen (secondary N) is 1. The molecule has 3 aromatic rings. The third kappa shape index (κ3) is 8.76. The van der Waals surface area contributed by atoms with Gasteiger partial charge in [0.15, 0.2) is 0 Å². The van der Waals surface area contributed by atoms with E-state index in [-0.39, 0.29) is 12.5 Å². The van der Waals surface area contributed by atoms with Gasteiger partial charge in [0.1, 0.15) is 23.8 Å². The molecule has 0 amide bonds. The number of nitrogens with zero attached hydrogens (tertiary/aromatic N) is 1. The van der Waals surface area contributed by atoms with Gasteiger partial charge in [-0.3, -0.25) is 0 Å². The van der Waals surface area contributed by atoms with Gasteiger partial charge in [-0.15, -0.1) is 0 Å². The van der Waals surface area contributed by atoms with Crippen LogP contribution < -0.4 is 10.2 Å². The first kappa shape index (κ1) is 28.5. The van der Waals surface area contributed by atoms with Crippen LogP contribution >= 0.6 is 0 Å². The van der Waals surface area contributed by atoms with Crippen molar-refractivity contribution in [2.75, 3.05) is 6.54 Å². The minimum absolute atomic E-state index is 0.161. The summed E-state index contributed by atoms with van der Waals surface area (Å²) < 4.78 is 50.2. The van der Waals surface area contributed by atoms with Crippen LogP contribution in [0.25, 0.3) is 17.0 Å². The van der Waals surface area contributed by atoms with Gasteiger partial charge in [0, 0.05) is 12.1 Å². The molecular weight excluding hydrogens is 481 g/mol. The van der Waals surface area contributed by atoms with Crippen molar-refractivity contribution in [3.05, 3.63) is 77.2 Å². The van der Waals surface area contributed by atoms with Crippen molar-refractivity contribution >= 4 is 5.57 Å². The maximum Gasteiger partial charge on any atom is 0.416 e. The number of hydrogen-bond acceptors (Lipinski definition) is 5. The van der Waals surface area contributed by atoms with Crippen LogP contribution in [0.2, 0.25) is 0 Å². The summed E-state index contributed by atoms with van der Waals surface area (Å²) in [6.07, 6.45) is 5.75. The molecule has 0 fully saturated rings. The van der Waals surface area contributed by atoms with Gasteiger partial charge in [-0.25, -0.2) is 10.5 Å². The van der Waals surface area contributed by atoms with Crippen molar-refractivity contribution in [3.8, 4) is 17.2 Å².